The first kappa shape index (κ1) is 17.2. The molecule has 0 saturated carbocycles. The zero-order chi connectivity index (χ0) is 5.86. The van der Waals surface area contributed by atoms with Crippen molar-refractivity contribution in [2.75, 3.05) is 0 Å². The summed E-state index contributed by atoms with van der Waals surface area (Å²) in [5.41, 5.74) is 0. The molecule has 0 aliphatic heterocycles. The van der Waals surface area contributed by atoms with E-state index < -0.39 is 11.9 Å². The van der Waals surface area contributed by atoms with Crippen molar-refractivity contribution in [2.45, 2.75) is 13.8 Å². The van der Waals surface area contributed by atoms with E-state index in [4.69, 9.17) is 0 Å². The molecule has 0 spiro atoms. The molecule has 0 saturated heterocycles. The molecule has 48 valence electrons. The van der Waals surface area contributed by atoms with Gasteiger partial charge in [0.15, 0.2) is 0 Å². The van der Waals surface area contributed by atoms with Crippen LogP contribution >= 0.6 is 0 Å². The molecule has 0 atom stereocenters. The van der Waals surface area contributed by atoms with Crippen molar-refractivity contribution in [3.05, 3.63) is 0 Å². The molecule has 0 N–H and O–H groups in total. The van der Waals surface area contributed by atoms with Gasteiger partial charge in [-0.15, -0.1) is 0 Å². The Hall–Kier alpha value is 1.97. The zero-order valence-corrected chi connectivity index (χ0v) is 4.22. The maximum absolute atomic E-state index is 9.81. The van der Waals surface area contributed by atoms with Crippen LogP contribution in [0.15, 0.2) is 0 Å². The Labute approximate surface area is 124 Å². The summed E-state index contributed by atoms with van der Waals surface area (Å²) in [4.78, 5) is 19.6. The molecule has 0 radical (unpaired) electrons. The van der Waals surface area contributed by atoms with E-state index >= 15 is 0 Å². The predicted molar refractivity (Wildman–Crippen MR) is 39.5 cm³/mol. The third-order valence-corrected chi connectivity index (χ3v) is 0.287. The van der Waals surface area contributed by atoms with Gasteiger partial charge in [0.2, 0.25) is 0 Å². The van der Waals surface area contributed by atoms with Crippen LogP contribution in [0.1, 0.15) is 13.8 Å². The van der Waals surface area contributed by atoms with Crippen LogP contribution in [0.5, 0.6) is 0 Å². The van der Waals surface area contributed by atoms with Crippen molar-refractivity contribution in [2.24, 2.45) is 0 Å². The van der Waals surface area contributed by atoms with E-state index in [2.05, 4.69) is 4.74 Å². The van der Waals surface area contributed by atoms with Crippen molar-refractivity contribution in [1.29, 1.82) is 0 Å². The third-order valence-electron chi connectivity index (χ3n) is 0.287. The van der Waals surface area contributed by atoms with E-state index in [-0.39, 0.29) is 86.6 Å². The van der Waals surface area contributed by atoms with Gasteiger partial charge in [0.05, 0.1) is 0 Å². The molecule has 0 amide bonds. The maximum atomic E-state index is 9.81. The van der Waals surface area contributed by atoms with Gasteiger partial charge in [0, 0.05) is 13.8 Å². The van der Waals surface area contributed by atoms with Gasteiger partial charge < -0.3 is 4.74 Å². The van der Waals surface area contributed by atoms with Crippen molar-refractivity contribution in [3.63, 3.8) is 0 Å². The van der Waals surface area contributed by atoms with Gasteiger partial charge in [0.1, 0.15) is 0 Å². The van der Waals surface area contributed by atoms with Crippen LogP contribution in [0.2, 0.25) is 0 Å². The van der Waals surface area contributed by atoms with Gasteiger partial charge in [-0.25, -0.2) is 0 Å². The Bertz CT molecular complexity index is 92.0. The number of hydrogen-bond acceptors (Lipinski definition) is 3. The van der Waals surface area contributed by atoms with Crippen LogP contribution in [0.4, 0.5) is 0 Å². The van der Waals surface area contributed by atoms with Crippen molar-refractivity contribution in [1.82, 2.24) is 0 Å². The molecule has 0 fully saturated rings. The van der Waals surface area contributed by atoms with E-state index in [9.17, 15) is 9.59 Å². The minimum absolute atomic E-state index is 0. The summed E-state index contributed by atoms with van der Waals surface area (Å²) < 4.78 is 3.97. The van der Waals surface area contributed by atoms with Crippen LogP contribution in [-0.2, 0) is 14.3 Å². The van der Waals surface area contributed by atoms with Gasteiger partial charge in [-0.05, 0) is 0 Å². The number of ether oxygens (including phenoxy) is 1. The van der Waals surface area contributed by atoms with Crippen molar-refractivity contribution < 1.29 is 14.3 Å². The van der Waals surface area contributed by atoms with Gasteiger partial charge in [-0.1, -0.05) is 0 Å². The molecular weight excluding hydrogens is 273 g/mol. The first-order valence-electron chi connectivity index (χ1n) is 1.82. The Balaban J connectivity index is -0.000000180. The SMILES string of the molecule is CC(=O)OC(C)=O.[BaH2].[CaH2]. The average Bonchev–Trinajstić information content (AvgIpc) is 1.27. The number of esters is 2. The average molecular weight is 284 g/mol. The molecule has 0 aromatic rings. The number of carbonyl (C=O) groups is 2. The molecule has 0 rings (SSSR count). The molecule has 0 aliphatic rings. The van der Waals surface area contributed by atoms with Crippen LogP contribution in [0.25, 0.3) is 0 Å². The van der Waals surface area contributed by atoms with E-state index in [1.807, 2.05) is 0 Å². The summed E-state index contributed by atoms with van der Waals surface area (Å²) in [6.45, 7) is 2.36. The molecule has 0 aromatic carbocycles. The molecule has 9 heavy (non-hydrogen) atoms. The van der Waals surface area contributed by atoms with Gasteiger partial charge in [-0.2, -0.15) is 0 Å². The monoisotopic (exact) mass is 284 g/mol. The van der Waals surface area contributed by atoms with Crippen molar-refractivity contribution >= 4 is 98.6 Å². The quantitative estimate of drug-likeness (QED) is 0.301. The number of carbonyl (C=O) groups excluding carboxylic acids is 2. The second-order valence-corrected chi connectivity index (χ2v) is 1.09. The molecule has 0 bridgehead atoms. The Kier molecular flexibility index (Phi) is 19.0. The van der Waals surface area contributed by atoms with E-state index in [1.165, 1.54) is 13.8 Å². The topological polar surface area (TPSA) is 43.4 Å². The van der Waals surface area contributed by atoms with Gasteiger partial charge >= 0.3 is 98.6 Å². The van der Waals surface area contributed by atoms with Crippen LogP contribution in [0.3, 0.4) is 0 Å². The Morgan fingerprint density at radius 2 is 1.33 bits per heavy atom. The van der Waals surface area contributed by atoms with E-state index in [0.29, 0.717) is 0 Å². The van der Waals surface area contributed by atoms with Gasteiger partial charge in [-0.3, -0.25) is 9.59 Å². The fraction of sp³-hybridized carbons (Fsp3) is 0.500. The molecule has 0 unspecified atom stereocenters. The fourth-order valence-corrected chi connectivity index (χ4v) is 0.202. The standard InChI is InChI=1S/C4H6O3.Ba.Ca.4H/c1-3(5)7-4(2)6;;;;;;/h1-2H3;;;;;;. The number of rotatable bonds is 0. The Morgan fingerprint density at radius 3 is 1.33 bits per heavy atom. The van der Waals surface area contributed by atoms with Crippen LogP contribution in [0, 0.1) is 0 Å². The summed E-state index contributed by atoms with van der Waals surface area (Å²) in [6, 6.07) is 0. The molecule has 0 aliphatic carbocycles. The second kappa shape index (κ2) is 9.97. The Morgan fingerprint density at radius 1 is 1.11 bits per heavy atom. The van der Waals surface area contributed by atoms with E-state index in [1.54, 1.807) is 0 Å². The first-order valence-corrected chi connectivity index (χ1v) is 1.82. The summed E-state index contributed by atoms with van der Waals surface area (Å²) in [6.07, 6.45) is 0. The summed E-state index contributed by atoms with van der Waals surface area (Å²) >= 11 is 0. The number of hydrogen-bond donors (Lipinski definition) is 0. The predicted octanol–water partition coefficient (Wildman–Crippen LogP) is -1.74. The zero-order valence-electron chi connectivity index (χ0n) is 4.22. The molecule has 3 nitrogen and oxygen atoms in total. The first-order chi connectivity index (χ1) is 3.13. The van der Waals surface area contributed by atoms with Crippen LogP contribution < -0.4 is 0 Å². The minimum atomic E-state index is -0.562. The third kappa shape index (κ3) is 17.8. The normalized spacial score (nSPS) is 6.00. The van der Waals surface area contributed by atoms with E-state index in [0.717, 1.165) is 0 Å². The molecule has 0 heterocycles. The van der Waals surface area contributed by atoms with Crippen LogP contribution in [-0.4, -0.2) is 98.6 Å². The molecule has 5 heteroatoms. The van der Waals surface area contributed by atoms with Crippen molar-refractivity contribution in [3.8, 4) is 0 Å². The second-order valence-electron chi connectivity index (χ2n) is 1.09. The summed E-state index contributed by atoms with van der Waals surface area (Å²) in [7, 11) is 0. The molecular formula is C4H10BaCaO3. The molecule has 0 aromatic heterocycles. The summed E-state index contributed by atoms with van der Waals surface area (Å²) in [5.74, 6) is -1.12. The fourth-order valence-electron chi connectivity index (χ4n) is 0.202. The van der Waals surface area contributed by atoms with Gasteiger partial charge in [0.25, 0.3) is 0 Å². The summed E-state index contributed by atoms with van der Waals surface area (Å²) in [5, 5.41) is 0.